The number of carbonyl (C=O) groups is 1. The molecule has 7 heteroatoms. The monoisotopic (exact) mass is 396 g/mol. The topological polar surface area (TPSA) is 98.5 Å². The Labute approximate surface area is 162 Å². The molecule has 27 heavy (non-hydrogen) atoms. The Kier molecular flexibility index (Phi) is 7.68. The van der Waals surface area contributed by atoms with E-state index in [0.29, 0.717) is 17.6 Å². The lowest BCUT2D eigenvalue weighted by molar-refractivity contribution is -0.121. The van der Waals surface area contributed by atoms with Crippen LogP contribution in [0.25, 0.3) is 0 Å². The molecule has 3 N–H and O–H groups in total. The number of sulfonamides is 1. The smallest absolute Gasteiger partial charge is 0.264 e. The predicted molar refractivity (Wildman–Crippen MR) is 106 cm³/mol. The first kappa shape index (κ1) is 21.7. The summed E-state index contributed by atoms with van der Waals surface area (Å²) < 4.78 is 32.1. The molecule has 1 aliphatic rings. The minimum absolute atomic E-state index is 0.0650. The summed E-state index contributed by atoms with van der Waals surface area (Å²) in [4.78, 5) is 12.5. The zero-order valence-corrected chi connectivity index (χ0v) is 17.3. The molecule has 0 radical (unpaired) electrons. The van der Waals surface area contributed by atoms with E-state index >= 15 is 0 Å². The van der Waals surface area contributed by atoms with Crippen LogP contribution in [0, 0.1) is 23.7 Å². The Morgan fingerprint density at radius 3 is 2.48 bits per heavy atom. The average Bonchev–Trinajstić information content (AvgIpc) is 3.45. The minimum Gasteiger partial charge on any atom is -0.497 e. The molecule has 6 nitrogen and oxygen atoms in total. The van der Waals surface area contributed by atoms with Crippen LogP contribution >= 0.6 is 0 Å². The summed E-state index contributed by atoms with van der Waals surface area (Å²) in [5.41, 5.74) is 5.52. The number of hydrogen-bond donors (Lipinski definition) is 2. The third-order valence-electron chi connectivity index (χ3n) is 5.72. The van der Waals surface area contributed by atoms with E-state index in [4.69, 9.17) is 10.5 Å². The van der Waals surface area contributed by atoms with Gasteiger partial charge in [0.1, 0.15) is 5.75 Å². The van der Waals surface area contributed by atoms with Gasteiger partial charge in [-0.1, -0.05) is 33.1 Å². The summed E-state index contributed by atoms with van der Waals surface area (Å²) in [5.74, 6) is 1.15. The van der Waals surface area contributed by atoms with Gasteiger partial charge in [-0.2, -0.15) is 0 Å². The van der Waals surface area contributed by atoms with Gasteiger partial charge in [0.25, 0.3) is 10.0 Å². The van der Waals surface area contributed by atoms with Crippen molar-refractivity contribution in [2.75, 3.05) is 13.7 Å². The number of amides is 1. The molecule has 1 fully saturated rings. The van der Waals surface area contributed by atoms with E-state index in [1.165, 1.54) is 19.2 Å². The van der Waals surface area contributed by atoms with Gasteiger partial charge < -0.3 is 10.5 Å². The fourth-order valence-electron chi connectivity index (χ4n) is 3.59. The second-order valence-corrected chi connectivity index (χ2v) is 9.31. The number of nitrogens with one attached hydrogen (secondary N) is 1. The maximum Gasteiger partial charge on any atom is 0.264 e. The fraction of sp³-hybridized carbons (Fsp3) is 0.650. The van der Waals surface area contributed by atoms with Gasteiger partial charge in [-0.3, -0.25) is 4.79 Å². The van der Waals surface area contributed by atoms with Gasteiger partial charge in [-0.15, -0.1) is 0 Å². The number of ether oxygens (including phenoxy) is 1. The van der Waals surface area contributed by atoms with Crippen molar-refractivity contribution < 1.29 is 17.9 Å². The van der Waals surface area contributed by atoms with Gasteiger partial charge in [0.05, 0.1) is 12.0 Å². The summed E-state index contributed by atoms with van der Waals surface area (Å²) >= 11 is 0. The number of unbranched alkanes of at least 4 members (excludes halogenated alkanes) is 2. The van der Waals surface area contributed by atoms with Crippen molar-refractivity contribution in [2.45, 2.75) is 50.8 Å². The lowest BCUT2D eigenvalue weighted by Gasteiger charge is -2.20. The molecule has 1 amide bonds. The molecule has 2 rings (SSSR count). The van der Waals surface area contributed by atoms with Gasteiger partial charge in [0, 0.05) is 5.92 Å². The first-order valence-corrected chi connectivity index (χ1v) is 11.2. The third kappa shape index (κ3) is 5.94. The van der Waals surface area contributed by atoms with Crippen molar-refractivity contribution >= 4 is 15.9 Å². The molecule has 2 unspecified atom stereocenters. The van der Waals surface area contributed by atoms with Gasteiger partial charge in [0.15, 0.2) is 0 Å². The van der Waals surface area contributed by atoms with Crippen LogP contribution in [-0.4, -0.2) is 28.0 Å². The highest BCUT2D eigenvalue weighted by molar-refractivity contribution is 7.90. The maximum atomic E-state index is 12.4. The van der Waals surface area contributed by atoms with Crippen LogP contribution in [0.3, 0.4) is 0 Å². The van der Waals surface area contributed by atoms with Crippen LogP contribution < -0.4 is 15.2 Å². The molecule has 1 aromatic carbocycles. The molecule has 0 bridgehead atoms. The van der Waals surface area contributed by atoms with E-state index in [1.807, 2.05) is 0 Å². The van der Waals surface area contributed by atoms with E-state index in [1.54, 1.807) is 12.1 Å². The number of hydrogen-bond acceptors (Lipinski definition) is 5. The minimum atomic E-state index is -3.85. The number of benzene rings is 1. The largest absolute Gasteiger partial charge is 0.497 e. The van der Waals surface area contributed by atoms with Crippen molar-refractivity contribution in [2.24, 2.45) is 29.4 Å². The third-order valence-corrected chi connectivity index (χ3v) is 7.08. The SMILES string of the molecule is COc1ccc(S(=O)(=O)NC(=O)[C@H]2C[C@H]2C(C)C(C)CCCCCN)cc1. The van der Waals surface area contributed by atoms with E-state index in [2.05, 4.69) is 18.6 Å². The second-order valence-electron chi connectivity index (χ2n) is 7.63. The highest BCUT2D eigenvalue weighted by Gasteiger charge is 2.48. The number of nitrogens with two attached hydrogens (primary N) is 1. The van der Waals surface area contributed by atoms with Crippen LogP contribution in [-0.2, 0) is 14.8 Å². The zero-order chi connectivity index (χ0) is 20.0. The highest BCUT2D eigenvalue weighted by atomic mass is 32.2. The molecule has 1 saturated carbocycles. The molecular formula is C20H32N2O4S. The van der Waals surface area contributed by atoms with Crippen molar-refractivity contribution in [3.05, 3.63) is 24.3 Å². The van der Waals surface area contributed by atoms with Crippen LogP contribution in [0.4, 0.5) is 0 Å². The molecule has 152 valence electrons. The second kappa shape index (κ2) is 9.55. The number of rotatable bonds is 11. The summed E-state index contributed by atoms with van der Waals surface area (Å²) in [6.45, 7) is 5.12. The van der Waals surface area contributed by atoms with E-state index in [9.17, 15) is 13.2 Å². The highest BCUT2D eigenvalue weighted by Crippen LogP contribution is 2.47. The Bertz CT molecular complexity index is 718. The van der Waals surface area contributed by atoms with Crippen LogP contribution in [0.2, 0.25) is 0 Å². The van der Waals surface area contributed by atoms with Gasteiger partial charge >= 0.3 is 0 Å². The lowest BCUT2D eigenvalue weighted by atomic mass is 9.86. The summed E-state index contributed by atoms with van der Waals surface area (Å²) in [5, 5.41) is 0. The molecule has 0 aromatic heterocycles. The standard InChI is InChI=1S/C20H32N2O4S/c1-14(7-5-4-6-12-21)15(2)18-13-19(18)20(23)22-27(24,25)17-10-8-16(26-3)9-11-17/h8-11,14-15,18-19H,4-7,12-13,21H2,1-3H3,(H,22,23)/t14?,15?,18-,19-/m0/s1. The molecule has 0 aliphatic heterocycles. The summed E-state index contributed by atoms with van der Waals surface area (Å²) in [6.07, 6.45) is 5.23. The van der Waals surface area contributed by atoms with Crippen molar-refractivity contribution in [1.82, 2.24) is 4.72 Å². The average molecular weight is 397 g/mol. The maximum absolute atomic E-state index is 12.4. The van der Waals surface area contributed by atoms with Gasteiger partial charge in [-0.25, -0.2) is 13.1 Å². The van der Waals surface area contributed by atoms with Gasteiger partial charge in [-0.05, 0) is 61.4 Å². The fourth-order valence-corrected chi connectivity index (χ4v) is 4.62. The van der Waals surface area contributed by atoms with E-state index < -0.39 is 15.9 Å². The number of carbonyl (C=O) groups excluding carboxylic acids is 1. The molecular weight excluding hydrogens is 364 g/mol. The Hall–Kier alpha value is -1.60. The quantitative estimate of drug-likeness (QED) is 0.560. The van der Waals surface area contributed by atoms with E-state index in [-0.39, 0.29) is 16.7 Å². The first-order valence-electron chi connectivity index (χ1n) is 9.71. The van der Waals surface area contributed by atoms with Crippen LogP contribution in [0.15, 0.2) is 29.2 Å². The molecule has 1 aliphatic carbocycles. The lowest BCUT2D eigenvalue weighted by Crippen LogP contribution is -2.32. The molecule has 0 saturated heterocycles. The Morgan fingerprint density at radius 2 is 1.89 bits per heavy atom. The van der Waals surface area contributed by atoms with Crippen LogP contribution in [0.1, 0.15) is 46.0 Å². The van der Waals surface area contributed by atoms with Gasteiger partial charge in [0.2, 0.25) is 5.91 Å². The normalized spacial score (nSPS) is 21.3. The van der Waals surface area contributed by atoms with Crippen molar-refractivity contribution in [1.29, 1.82) is 0 Å². The van der Waals surface area contributed by atoms with Crippen molar-refractivity contribution in [3.8, 4) is 5.75 Å². The molecule has 4 atom stereocenters. The molecule has 0 spiro atoms. The van der Waals surface area contributed by atoms with Crippen LogP contribution in [0.5, 0.6) is 5.75 Å². The van der Waals surface area contributed by atoms with Crippen molar-refractivity contribution in [3.63, 3.8) is 0 Å². The zero-order valence-electron chi connectivity index (χ0n) is 16.5. The summed E-state index contributed by atoms with van der Waals surface area (Å²) in [7, 11) is -2.33. The Morgan fingerprint density at radius 1 is 1.22 bits per heavy atom. The number of methoxy groups -OCH3 is 1. The molecule has 1 aromatic rings. The Balaban J connectivity index is 1.86. The summed E-state index contributed by atoms with van der Waals surface area (Å²) in [6, 6.07) is 6.00. The van der Waals surface area contributed by atoms with E-state index in [0.717, 1.165) is 38.6 Å². The predicted octanol–water partition coefficient (Wildman–Crippen LogP) is 2.93. The molecule has 0 heterocycles. The first-order chi connectivity index (χ1) is 12.8.